The van der Waals surface area contributed by atoms with Gasteiger partial charge >= 0.3 is 0 Å². The standard InChI is InChI=1S/C25H30FN5O3/c1-18-3-2-4-20(15-18)28-23(32)16-22-25(34)27-9-10-31(22)24(33)17-29-11-13-30(14-12-29)21-7-5-19(26)6-8-21/h2-8,15,22H,9-14,16-17H2,1H3,(H,27,34)(H,28,32). The van der Waals surface area contributed by atoms with Gasteiger partial charge in [0.25, 0.3) is 0 Å². The molecule has 2 aliphatic heterocycles. The number of carbonyl (C=O) groups is 3. The van der Waals surface area contributed by atoms with Gasteiger partial charge in [-0.1, -0.05) is 12.1 Å². The highest BCUT2D eigenvalue weighted by Crippen LogP contribution is 2.18. The zero-order chi connectivity index (χ0) is 24.1. The van der Waals surface area contributed by atoms with Crippen molar-refractivity contribution in [3.05, 3.63) is 59.9 Å². The average molecular weight is 468 g/mol. The number of halogens is 1. The minimum absolute atomic E-state index is 0.0934. The number of nitrogens with one attached hydrogen (secondary N) is 2. The summed E-state index contributed by atoms with van der Waals surface area (Å²) < 4.78 is 13.2. The van der Waals surface area contributed by atoms with E-state index in [0.717, 1.165) is 24.3 Å². The van der Waals surface area contributed by atoms with Crippen molar-refractivity contribution < 1.29 is 18.8 Å². The highest BCUT2D eigenvalue weighted by Gasteiger charge is 2.35. The molecule has 2 heterocycles. The third-order valence-electron chi connectivity index (χ3n) is 6.25. The van der Waals surface area contributed by atoms with Crippen LogP contribution in [0.5, 0.6) is 0 Å². The topological polar surface area (TPSA) is 85.0 Å². The van der Waals surface area contributed by atoms with E-state index in [0.29, 0.717) is 31.9 Å². The van der Waals surface area contributed by atoms with Crippen molar-refractivity contribution in [2.75, 3.05) is 56.0 Å². The Bertz CT molecular complexity index is 1040. The number of anilines is 2. The van der Waals surface area contributed by atoms with E-state index in [1.807, 2.05) is 25.1 Å². The number of carbonyl (C=O) groups excluding carboxylic acids is 3. The maximum atomic E-state index is 13.2. The molecule has 0 spiro atoms. The van der Waals surface area contributed by atoms with Crippen LogP contribution >= 0.6 is 0 Å². The van der Waals surface area contributed by atoms with E-state index < -0.39 is 6.04 Å². The van der Waals surface area contributed by atoms with Crippen LogP contribution < -0.4 is 15.5 Å². The molecule has 0 saturated carbocycles. The van der Waals surface area contributed by atoms with E-state index in [2.05, 4.69) is 20.4 Å². The Morgan fingerprint density at radius 3 is 2.50 bits per heavy atom. The summed E-state index contributed by atoms with van der Waals surface area (Å²) in [4.78, 5) is 44.0. The summed E-state index contributed by atoms with van der Waals surface area (Å²) in [5, 5.41) is 5.59. The molecule has 3 amide bonds. The number of rotatable bonds is 6. The number of hydrogen-bond acceptors (Lipinski definition) is 5. The van der Waals surface area contributed by atoms with Crippen LogP contribution in [0.15, 0.2) is 48.5 Å². The molecule has 2 N–H and O–H groups in total. The third-order valence-corrected chi connectivity index (χ3v) is 6.25. The van der Waals surface area contributed by atoms with E-state index in [9.17, 15) is 18.8 Å². The highest BCUT2D eigenvalue weighted by molar-refractivity contribution is 5.97. The normalized spacial score (nSPS) is 19.0. The molecular formula is C25H30FN5O3. The molecule has 0 radical (unpaired) electrons. The smallest absolute Gasteiger partial charge is 0.243 e. The first kappa shape index (κ1) is 23.7. The molecule has 180 valence electrons. The molecule has 0 bridgehead atoms. The van der Waals surface area contributed by atoms with Crippen LogP contribution in [0.1, 0.15) is 12.0 Å². The molecule has 1 unspecified atom stereocenters. The second-order valence-electron chi connectivity index (χ2n) is 8.76. The quantitative estimate of drug-likeness (QED) is 0.675. The van der Waals surface area contributed by atoms with Crippen molar-refractivity contribution in [3.8, 4) is 0 Å². The van der Waals surface area contributed by atoms with E-state index >= 15 is 0 Å². The van der Waals surface area contributed by atoms with E-state index in [1.54, 1.807) is 18.2 Å². The predicted molar refractivity (Wildman–Crippen MR) is 128 cm³/mol. The lowest BCUT2D eigenvalue weighted by molar-refractivity contribution is -0.145. The van der Waals surface area contributed by atoms with Crippen molar-refractivity contribution >= 4 is 29.1 Å². The first-order valence-corrected chi connectivity index (χ1v) is 11.6. The van der Waals surface area contributed by atoms with Gasteiger partial charge in [0, 0.05) is 50.6 Å². The molecule has 8 nitrogen and oxygen atoms in total. The van der Waals surface area contributed by atoms with Gasteiger partial charge in [0.2, 0.25) is 17.7 Å². The third kappa shape index (κ3) is 5.91. The van der Waals surface area contributed by atoms with Gasteiger partial charge in [0.05, 0.1) is 13.0 Å². The van der Waals surface area contributed by atoms with Crippen LogP contribution in [0.25, 0.3) is 0 Å². The first-order chi connectivity index (χ1) is 16.4. The fraction of sp³-hybridized carbons (Fsp3) is 0.400. The van der Waals surface area contributed by atoms with Crippen LogP contribution in [-0.2, 0) is 14.4 Å². The van der Waals surface area contributed by atoms with E-state index in [4.69, 9.17) is 0 Å². The first-order valence-electron chi connectivity index (χ1n) is 11.6. The monoisotopic (exact) mass is 467 g/mol. The number of piperazine rings is 2. The van der Waals surface area contributed by atoms with Crippen LogP contribution in [0.4, 0.5) is 15.8 Å². The number of hydrogen-bond donors (Lipinski definition) is 2. The maximum absolute atomic E-state index is 13.2. The highest BCUT2D eigenvalue weighted by atomic mass is 19.1. The van der Waals surface area contributed by atoms with Crippen molar-refractivity contribution in [2.45, 2.75) is 19.4 Å². The van der Waals surface area contributed by atoms with E-state index in [-0.39, 0.29) is 36.5 Å². The predicted octanol–water partition coefficient (Wildman–Crippen LogP) is 1.61. The molecule has 9 heteroatoms. The molecule has 34 heavy (non-hydrogen) atoms. The van der Waals surface area contributed by atoms with Gasteiger partial charge in [-0.3, -0.25) is 19.3 Å². The average Bonchev–Trinajstić information content (AvgIpc) is 2.81. The Hall–Kier alpha value is -3.46. The summed E-state index contributed by atoms with van der Waals surface area (Å²) >= 11 is 0. The van der Waals surface area contributed by atoms with E-state index in [1.165, 1.54) is 17.0 Å². The van der Waals surface area contributed by atoms with Crippen LogP contribution in [0.3, 0.4) is 0 Å². The summed E-state index contributed by atoms with van der Waals surface area (Å²) in [6.07, 6.45) is -0.0934. The number of aryl methyl sites for hydroxylation is 1. The molecule has 2 saturated heterocycles. The number of nitrogens with zero attached hydrogens (tertiary/aromatic N) is 3. The van der Waals surface area contributed by atoms with Crippen molar-refractivity contribution in [1.82, 2.24) is 15.1 Å². The lowest BCUT2D eigenvalue weighted by Crippen LogP contribution is -2.60. The summed E-state index contributed by atoms with van der Waals surface area (Å²) in [7, 11) is 0. The maximum Gasteiger partial charge on any atom is 0.243 e. The summed E-state index contributed by atoms with van der Waals surface area (Å²) in [5.41, 5.74) is 2.64. The Labute approximate surface area is 198 Å². The molecular weight excluding hydrogens is 437 g/mol. The van der Waals surface area contributed by atoms with Gasteiger partial charge in [0.15, 0.2) is 0 Å². The van der Waals surface area contributed by atoms with Crippen LogP contribution in [0, 0.1) is 12.7 Å². The van der Waals surface area contributed by atoms with Crippen molar-refractivity contribution in [1.29, 1.82) is 0 Å². The summed E-state index contributed by atoms with van der Waals surface area (Å²) in [5.74, 6) is -1.03. The molecule has 0 aliphatic carbocycles. The van der Waals surface area contributed by atoms with Gasteiger partial charge in [0.1, 0.15) is 11.9 Å². The van der Waals surface area contributed by atoms with Crippen LogP contribution in [0.2, 0.25) is 0 Å². The Kier molecular flexibility index (Phi) is 7.42. The lowest BCUT2D eigenvalue weighted by atomic mass is 10.1. The molecule has 0 aromatic heterocycles. The SMILES string of the molecule is Cc1cccc(NC(=O)CC2C(=O)NCCN2C(=O)CN2CCN(c3ccc(F)cc3)CC2)c1. The van der Waals surface area contributed by atoms with Gasteiger partial charge in [-0.15, -0.1) is 0 Å². The minimum atomic E-state index is -0.827. The van der Waals surface area contributed by atoms with Crippen LogP contribution in [-0.4, -0.2) is 79.4 Å². The lowest BCUT2D eigenvalue weighted by Gasteiger charge is -2.39. The Balaban J connectivity index is 1.32. The van der Waals surface area contributed by atoms with Gasteiger partial charge in [-0.05, 0) is 48.9 Å². The van der Waals surface area contributed by atoms with Gasteiger partial charge < -0.3 is 20.4 Å². The second-order valence-corrected chi connectivity index (χ2v) is 8.76. The summed E-state index contributed by atoms with van der Waals surface area (Å²) in [6, 6.07) is 13.0. The zero-order valence-electron chi connectivity index (χ0n) is 19.3. The molecule has 2 aromatic rings. The molecule has 2 fully saturated rings. The van der Waals surface area contributed by atoms with Crippen molar-refractivity contribution in [3.63, 3.8) is 0 Å². The number of amides is 3. The molecule has 2 aromatic carbocycles. The summed E-state index contributed by atoms with van der Waals surface area (Å²) in [6.45, 7) is 5.69. The van der Waals surface area contributed by atoms with Gasteiger partial charge in [-0.2, -0.15) is 0 Å². The zero-order valence-corrected chi connectivity index (χ0v) is 19.3. The fourth-order valence-corrected chi connectivity index (χ4v) is 4.42. The molecule has 4 rings (SSSR count). The minimum Gasteiger partial charge on any atom is -0.369 e. The number of benzene rings is 2. The second kappa shape index (κ2) is 10.6. The largest absolute Gasteiger partial charge is 0.369 e. The van der Waals surface area contributed by atoms with Gasteiger partial charge in [-0.25, -0.2) is 4.39 Å². The Morgan fingerprint density at radius 1 is 1.06 bits per heavy atom. The Morgan fingerprint density at radius 2 is 1.79 bits per heavy atom. The van der Waals surface area contributed by atoms with Crippen molar-refractivity contribution in [2.24, 2.45) is 0 Å². The molecule has 2 aliphatic rings. The molecule has 1 atom stereocenters. The fourth-order valence-electron chi connectivity index (χ4n) is 4.42.